The summed E-state index contributed by atoms with van der Waals surface area (Å²) < 4.78 is 0.0787. The number of carbonyl (C=O) groups is 2. The molecule has 6 heteroatoms. The fourth-order valence-corrected chi connectivity index (χ4v) is 1.44. The first-order valence-electron chi connectivity index (χ1n) is 4.18. The highest BCUT2D eigenvalue weighted by Gasteiger charge is 2.38. The first-order valence-corrected chi connectivity index (χ1v) is 5.25. The van der Waals surface area contributed by atoms with E-state index in [1.54, 1.807) is 7.05 Å². The maximum atomic E-state index is 11.1. The van der Waals surface area contributed by atoms with E-state index in [1.807, 2.05) is 0 Å². The van der Waals surface area contributed by atoms with Crippen molar-refractivity contribution in [1.82, 2.24) is 0 Å². The first kappa shape index (κ1) is 13.7. The van der Waals surface area contributed by atoms with Crippen LogP contribution in [0, 0.1) is 0 Å². The van der Waals surface area contributed by atoms with E-state index in [-0.39, 0.29) is 22.3 Å². The Morgan fingerprint density at radius 3 is 2.36 bits per heavy atom. The van der Waals surface area contributed by atoms with Gasteiger partial charge in [0.25, 0.3) is 0 Å². The molecule has 1 heterocycles. The normalized spacial score (nSPS) is 25.5. The third kappa shape index (κ3) is 4.26. The summed E-state index contributed by atoms with van der Waals surface area (Å²) >= 11 is 9.53. The van der Waals surface area contributed by atoms with Gasteiger partial charge in [0.15, 0.2) is 6.54 Å². The molecule has 14 heavy (non-hydrogen) atoms. The molecule has 0 aromatic heterocycles. The van der Waals surface area contributed by atoms with Crippen molar-refractivity contribution in [3.8, 4) is 0 Å². The van der Waals surface area contributed by atoms with Gasteiger partial charge in [0.1, 0.15) is 0 Å². The van der Waals surface area contributed by atoms with Crippen LogP contribution in [-0.4, -0.2) is 46.9 Å². The Morgan fingerprint density at radius 1 is 1.57 bits per heavy atom. The Kier molecular flexibility index (Phi) is 6.08. The van der Waals surface area contributed by atoms with Crippen LogP contribution in [0.4, 0.5) is 0 Å². The predicted molar refractivity (Wildman–Crippen MR) is 54.4 cm³/mol. The number of quaternary nitrogens is 1. The molecule has 0 aliphatic carbocycles. The molecule has 0 bridgehead atoms. The molecular formula is C8H14Cl2NO3+. The highest BCUT2D eigenvalue weighted by molar-refractivity contribution is 6.40. The molecule has 1 saturated heterocycles. The van der Waals surface area contributed by atoms with E-state index in [0.29, 0.717) is 13.0 Å². The molecule has 1 aliphatic heterocycles. The van der Waals surface area contributed by atoms with Crippen molar-refractivity contribution in [2.45, 2.75) is 12.8 Å². The van der Waals surface area contributed by atoms with Crippen LogP contribution in [0.3, 0.4) is 0 Å². The van der Waals surface area contributed by atoms with Gasteiger partial charge in [-0.05, 0) is 0 Å². The van der Waals surface area contributed by atoms with Gasteiger partial charge in [0.05, 0.1) is 25.4 Å². The van der Waals surface area contributed by atoms with Crippen LogP contribution >= 0.6 is 23.2 Å². The zero-order valence-electron chi connectivity index (χ0n) is 8.00. The number of carboxylic acid groups (broad SMARTS) is 1. The van der Waals surface area contributed by atoms with Crippen molar-refractivity contribution in [3.63, 3.8) is 0 Å². The van der Waals surface area contributed by atoms with Gasteiger partial charge in [-0.1, -0.05) is 0 Å². The van der Waals surface area contributed by atoms with E-state index in [2.05, 4.69) is 0 Å². The van der Waals surface area contributed by atoms with Gasteiger partial charge in [-0.25, -0.2) is 9.59 Å². The summed E-state index contributed by atoms with van der Waals surface area (Å²) in [5, 5.41) is 8.68. The lowest BCUT2D eigenvalue weighted by molar-refractivity contribution is -0.818. The summed E-state index contributed by atoms with van der Waals surface area (Å²) in [7, 11) is 1.68. The van der Waals surface area contributed by atoms with Gasteiger partial charge in [0.2, 0.25) is 0 Å². The van der Waals surface area contributed by atoms with Crippen LogP contribution in [0.5, 0.6) is 0 Å². The summed E-state index contributed by atoms with van der Waals surface area (Å²) in [6.45, 7) is 0.601. The van der Waals surface area contributed by atoms with Crippen LogP contribution < -0.4 is 0 Å². The van der Waals surface area contributed by atoms with E-state index >= 15 is 0 Å². The predicted octanol–water partition coefficient (Wildman–Crippen LogP) is 1.26. The topological polar surface area (TPSA) is 54.4 Å². The van der Waals surface area contributed by atoms with E-state index in [0.717, 1.165) is 6.42 Å². The van der Waals surface area contributed by atoms with Gasteiger partial charge in [-0.3, -0.25) is 4.48 Å². The van der Waals surface area contributed by atoms with Gasteiger partial charge < -0.3 is 5.11 Å². The summed E-state index contributed by atoms with van der Waals surface area (Å²) in [5.74, 6) is -0.852. The molecule has 0 aromatic rings. The molecule has 1 fully saturated rings. The van der Waals surface area contributed by atoms with Crippen molar-refractivity contribution < 1.29 is 19.2 Å². The second kappa shape index (κ2) is 6.22. The second-order valence-electron chi connectivity index (χ2n) is 3.27. The number of hydrogen-bond donors (Lipinski definition) is 1. The van der Waals surface area contributed by atoms with Crippen LogP contribution in [0.2, 0.25) is 0 Å². The lowest BCUT2D eigenvalue weighted by Gasteiger charge is -2.23. The highest BCUT2D eigenvalue weighted by Crippen LogP contribution is 2.17. The molecule has 0 aromatic carbocycles. The minimum Gasteiger partial charge on any atom is -0.477 e. The summed E-state index contributed by atoms with van der Waals surface area (Å²) in [6.07, 6.45) is 1.35. The van der Waals surface area contributed by atoms with Crippen LogP contribution in [-0.2, 0) is 9.59 Å². The maximum Gasteiger partial charge on any atom is 0.359 e. The molecule has 1 unspecified atom stereocenters. The Hall–Kier alpha value is -0.320. The zero-order valence-corrected chi connectivity index (χ0v) is 9.51. The summed E-state index contributed by atoms with van der Waals surface area (Å²) in [4.78, 5) is 21.5. The Bertz CT molecular complexity index is 223. The number of amides is 1. The molecule has 1 N–H and O–H groups in total. The van der Waals surface area contributed by atoms with Crippen LogP contribution in [0.1, 0.15) is 12.8 Å². The average Bonchev–Trinajstić information content (AvgIpc) is 2.32. The molecule has 1 amide bonds. The van der Waals surface area contributed by atoms with Crippen molar-refractivity contribution in [2.75, 3.05) is 25.5 Å². The molecule has 0 radical (unpaired) electrons. The number of aliphatic carboxylic acids is 1. The molecule has 1 rings (SSSR count). The van der Waals surface area contributed by atoms with E-state index in [1.165, 1.54) is 0 Å². The fraction of sp³-hybridized carbons (Fsp3) is 0.750. The molecule has 4 nitrogen and oxygen atoms in total. The fourth-order valence-electron chi connectivity index (χ4n) is 1.44. The van der Waals surface area contributed by atoms with E-state index < -0.39 is 5.97 Å². The smallest absolute Gasteiger partial charge is 0.359 e. The van der Waals surface area contributed by atoms with Crippen molar-refractivity contribution >= 4 is 35.1 Å². The first-order chi connectivity index (χ1) is 6.46. The Balaban J connectivity index is 0.000000500. The Morgan fingerprint density at radius 2 is 2.07 bits per heavy atom. The standard InChI is InChI=1S/C7H11NO3.CH2Cl2/c1-8(5-7(10)11)4-2-3-6(8)9;2-1-3/h2-5H2,1H3;1H2/p+1. The molecular weight excluding hydrogens is 229 g/mol. The van der Waals surface area contributed by atoms with Crippen LogP contribution in [0.25, 0.3) is 0 Å². The summed E-state index contributed by atoms with van der Waals surface area (Å²) in [5.41, 5.74) is 0. The molecule has 0 spiro atoms. The number of carboxylic acids is 1. The average molecular weight is 243 g/mol. The van der Waals surface area contributed by atoms with Gasteiger partial charge >= 0.3 is 11.9 Å². The SMILES string of the molecule is C[N+]1(CC(=O)O)CCCC1=O.ClCCl. The van der Waals surface area contributed by atoms with E-state index in [9.17, 15) is 9.59 Å². The number of carbonyl (C=O) groups excluding carboxylic acids is 1. The lowest BCUT2D eigenvalue weighted by Crippen LogP contribution is -2.48. The molecule has 0 saturated carbocycles. The molecule has 1 atom stereocenters. The molecule has 82 valence electrons. The maximum absolute atomic E-state index is 11.1. The monoisotopic (exact) mass is 242 g/mol. The van der Waals surface area contributed by atoms with Crippen molar-refractivity contribution in [1.29, 1.82) is 0 Å². The van der Waals surface area contributed by atoms with Crippen LogP contribution in [0.15, 0.2) is 0 Å². The second-order valence-corrected chi connectivity index (χ2v) is 4.08. The largest absolute Gasteiger partial charge is 0.477 e. The zero-order chi connectivity index (χ0) is 11.2. The number of rotatable bonds is 2. The van der Waals surface area contributed by atoms with E-state index in [4.69, 9.17) is 28.3 Å². The number of halogens is 2. The Labute approximate surface area is 93.0 Å². The number of likely N-dealkylation sites (N-methyl/N-ethyl adjacent to an activating group) is 1. The van der Waals surface area contributed by atoms with Crippen molar-refractivity contribution in [2.24, 2.45) is 0 Å². The summed E-state index contributed by atoms with van der Waals surface area (Å²) in [6, 6.07) is 0. The lowest BCUT2D eigenvalue weighted by atomic mass is 10.4. The van der Waals surface area contributed by atoms with Gasteiger partial charge in [-0.2, -0.15) is 0 Å². The minimum absolute atomic E-state index is 0.0485. The van der Waals surface area contributed by atoms with Crippen molar-refractivity contribution in [3.05, 3.63) is 0 Å². The number of hydrogen-bond acceptors (Lipinski definition) is 2. The van der Waals surface area contributed by atoms with Gasteiger partial charge in [0, 0.05) is 6.42 Å². The minimum atomic E-state index is -0.900. The number of likely N-dealkylation sites (tertiary alicyclic amines) is 1. The van der Waals surface area contributed by atoms with Gasteiger partial charge in [-0.15, -0.1) is 23.2 Å². The third-order valence-electron chi connectivity index (χ3n) is 2.13. The molecule has 1 aliphatic rings. The number of alkyl halides is 2. The highest BCUT2D eigenvalue weighted by atomic mass is 35.5. The quantitative estimate of drug-likeness (QED) is 0.586. The number of nitrogens with zero attached hydrogens (tertiary/aromatic N) is 1. The third-order valence-corrected chi connectivity index (χ3v) is 2.13.